The Morgan fingerprint density at radius 3 is 2.33 bits per heavy atom. The molecule has 0 atom stereocenters. The fourth-order valence-electron chi connectivity index (χ4n) is 2.20. The third-order valence-electron chi connectivity index (χ3n) is 3.57. The number of hydrogen-bond donors (Lipinski definition) is 1. The number of nitrogens with zero attached hydrogens (tertiary/aromatic N) is 1. The van der Waals surface area contributed by atoms with Crippen LogP contribution in [0.25, 0.3) is 0 Å². The quantitative estimate of drug-likeness (QED) is 0.643. The maximum absolute atomic E-state index is 13.6. The van der Waals surface area contributed by atoms with Gasteiger partial charge < -0.3 is 5.32 Å². The Morgan fingerprint density at radius 1 is 1.00 bits per heavy atom. The summed E-state index contributed by atoms with van der Waals surface area (Å²) in [7, 11) is -3.84. The molecule has 0 spiro atoms. The highest BCUT2D eigenvalue weighted by Gasteiger charge is 2.20. The summed E-state index contributed by atoms with van der Waals surface area (Å²) < 4.78 is 52.6. The lowest BCUT2D eigenvalue weighted by Gasteiger charge is -2.08. The molecule has 0 aliphatic heterocycles. The van der Waals surface area contributed by atoms with Crippen LogP contribution in [0, 0.1) is 11.6 Å². The van der Waals surface area contributed by atoms with Crippen molar-refractivity contribution >= 4 is 37.4 Å². The highest BCUT2D eigenvalue weighted by molar-refractivity contribution is 9.10. The summed E-state index contributed by atoms with van der Waals surface area (Å²) in [5.74, 6) is -2.26. The second-order valence-corrected chi connectivity index (χ2v) is 8.23. The molecule has 9 heteroatoms. The third kappa shape index (κ3) is 4.20. The molecule has 0 radical (unpaired) electrons. The zero-order valence-corrected chi connectivity index (χ0v) is 15.9. The predicted molar refractivity (Wildman–Crippen MR) is 98.1 cm³/mol. The molecule has 0 unspecified atom stereocenters. The van der Waals surface area contributed by atoms with Gasteiger partial charge in [0.1, 0.15) is 11.6 Å². The van der Waals surface area contributed by atoms with Crippen molar-refractivity contribution in [2.45, 2.75) is 9.92 Å². The molecule has 0 saturated heterocycles. The van der Waals surface area contributed by atoms with Gasteiger partial charge in [0, 0.05) is 16.7 Å². The number of amides is 1. The zero-order valence-electron chi connectivity index (χ0n) is 13.5. The number of benzene rings is 2. The van der Waals surface area contributed by atoms with Gasteiger partial charge in [-0.2, -0.15) is 0 Å². The minimum absolute atomic E-state index is 0.00610. The molecule has 1 N–H and O–H groups in total. The second-order valence-electron chi connectivity index (χ2n) is 5.42. The summed E-state index contributed by atoms with van der Waals surface area (Å²) in [5.41, 5.74) is -0.333. The summed E-state index contributed by atoms with van der Waals surface area (Å²) in [6.45, 7) is 0. The Morgan fingerprint density at radius 2 is 1.70 bits per heavy atom. The Hall–Kier alpha value is -2.65. The van der Waals surface area contributed by atoms with E-state index in [1.54, 1.807) is 12.1 Å². The van der Waals surface area contributed by atoms with Crippen LogP contribution < -0.4 is 5.32 Å². The topological polar surface area (TPSA) is 76.1 Å². The van der Waals surface area contributed by atoms with Gasteiger partial charge in [0.15, 0.2) is 5.03 Å². The summed E-state index contributed by atoms with van der Waals surface area (Å²) in [5, 5.41) is 1.98. The number of carbonyl (C=O) groups is 1. The van der Waals surface area contributed by atoms with E-state index in [1.807, 2.05) is 0 Å². The number of hydrogen-bond acceptors (Lipinski definition) is 4. The lowest BCUT2D eigenvalue weighted by atomic mass is 10.2. The minimum atomic E-state index is -3.84. The van der Waals surface area contributed by atoms with Crippen molar-refractivity contribution in [1.29, 1.82) is 0 Å². The Labute approximate surface area is 162 Å². The Kier molecular flexibility index (Phi) is 5.33. The van der Waals surface area contributed by atoms with E-state index in [0.29, 0.717) is 0 Å². The van der Waals surface area contributed by atoms with Gasteiger partial charge in [-0.25, -0.2) is 22.2 Å². The highest BCUT2D eigenvalue weighted by Crippen LogP contribution is 2.22. The molecular weight excluding hydrogens is 442 g/mol. The van der Waals surface area contributed by atoms with Gasteiger partial charge in [0.2, 0.25) is 9.84 Å². The summed E-state index contributed by atoms with van der Waals surface area (Å²) >= 11 is 3.23. The van der Waals surface area contributed by atoms with Crippen LogP contribution in [0.1, 0.15) is 10.4 Å². The molecule has 1 aromatic heterocycles. The van der Waals surface area contributed by atoms with Crippen molar-refractivity contribution in [3.8, 4) is 0 Å². The number of anilines is 1. The van der Waals surface area contributed by atoms with E-state index in [4.69, 9.17) is 0 Å². The van der Waals surface area contributed by atoms with E-state index < -0.39 is 27.4 Å². The molecule has 0 bridgehead atoms. The van der Waals surface area contributed by atoms with Crippen LogP contribution >= 0.6 is 15.9 Å². The molecule has 3 aromatic rings. The molecule has 138 valence electrons. The average Bonchev–Trinajstić information content (AvgIpc) is 2.65. The van der Waals surface area contributed by atoms with Crippen LogP contribution in [0.3, 0.4) is 0 Å². The summed E-state index contributed by atoms with van der Waals surface area (Å²) in [6.07, 6.45) is 1.05. The third-order valence-corrected chi connectivity index (χ3v) is 5.79. The van der Waals surface area contributed by atoms with Crippen molar-refractivity contribution < 1.29 is 22.0 Å². The van der Waals surface area contributed by atoms with Crippen molar-refractivity contribution in [3.63, 3.8) is 0 Å². The van der Waals surface area contributed by atoms with Crippen LogP contribution in [0.15, 0.2) is 75.2 Å². The number of nitrogens with one attached hydrogen (secondary N) is 1. The fraction of sp³-hybridized carbons (Fsp3) is 0. The normalized spacial score (nSPS) is 11.2. The smallest absolute Gasteiger partial charge is 0.257 e. The zero-order chi connectivity index (χ0) is 19.6. The van der Waals surface area contributed by atoms with Gasteiger partial charge in [0.05, 0.1) is 16.1 Å². The lowest BCUT2D eigenvalue weighted by Crippen LogP contribution is -2.14. The Bertz CT molecular complexity index is 1100. The van der Waals surface area contributed by atoms with Crippen LogP contribution in [-0.4, -0.2) is 19.3 Å². The number of sulfone groups is 1. The number of rotatable bonds is 4. The van der Waals surface area contributed by atoms with E-state index in [0.717, 1.165) is 28.9 Å². The number of halogens is 3. The van der Waals surface area contributed by atoms with E-state index in [-0.39, 0.29) is 21.2 Å². The molecular formula is C18H11BrF2N2O3S. The maximum Gasteiger partial charge on any atom is 0.257 e. The largest absolute Gasteiger partial charge is 0.319 e. The van der Waals surface area contributed by atoms with Crippen LogP contribution in [0.5, 0.6) is 0 Å². The molecule has 5 nitrogen and oxygen atoms in total. The molecule has 27 heavy (non-hydrogen) atoms. The molecule has 2 aromatic carbocycles. The number of pyridine rings is 1. The van der Waals surface area contributed by atoms with Crippen molar-refractivity contribution in [1.82, 2.24) is 4.98 Å². The summed E-state index contributed by atoms with van der Waals surface area (Å²) in [4.78, 5) is 16.0. The highest BCUT2D eigenvalue weighted by atomic mass is 79.9. The first-order valence-corrected chi connectivity index (χ1v) is 9.78. The van der Waals surface area contributed by atoms with E-state index in [2.05, 4.69) is 26.2 Å². The van der Waals surface area contributed by atoms with E-state index in [1.165, 1.54) is 24.3 Å². The first kappa shape index (κ1) is 19.1. The molecule has 1 amide bonds. The molecule has 0 aliphatic carbocycles. The molecule has 1 heterocycles. The van der Waals surface area contributed by atoms with E-state index in [9.17, 15) is 22.0 Å². The molecule has 0 fully saturated rings. The van der Waals surface area contributed by atoms with Gasteiger partial charge in [0.25, 0.3) is 5.91 Å². The van der Waals surface area contributed by atoms with Crippen molar-refractivity contribution in [3.05, 3.63) is 82.5 Å². The minimum Gasteiger partial charge on any atom is -0.319 e. The van der Waals surface area contributed by atoms with Gasteiger partial charge in [-0.05, 0) is 48.5 Å². The SMILES string of the molecule is O=C(Nc1cc(F)ccc1F)c1ccc(S(=O)(=O)c2ccc(Br)cc2)nc1. The standard InChI is InChI=1S/C18H11BrF2N2O3S/c19-12-2-5-14(6-3-12)27(25,26)17-8-1-11(10-22-17)18(24)23-16-9-13(20)4-7-15(16)21/h1-10H,(H,23,24). The van der Waals surface area contributed by atoms with Gasteiger partial charge >= 0.3 is 0 Å². The van der Waals surface area contributed by atoms with Gasteiger partial charge in [-0.1, -0.05) is 15.9 Å². The monoisotopic (exact) mass is 452 g/mol. The van der Waals surface area contributed by atoms with Crippen LogP contribution in [0.4, 0.5) is 14.5 Å². The molecule has 0 saturated carbocycles. The first-order chi connectivity index (χ1) is 12.8. The second kappa shape index (κ2) is 7.53. The van der Waals surface area contributed by atoms with Crippen LogP contribution in [-0.2, 0) is 9.84 Å². The van der Waals surface area contributed by atoms with Crippen molar-refractivity contribution in [2.75, 3.05) is 5.32 Å². The number of carbonyl (C=O) groups excluding carboxylic acids is 1. The Balaban J connectivity index is 1.83. The predicted octanol–water partition coefficient (Wildman–Crippen LogP) is 4.21. The fourth-order valence-corrected chi connectivity index (χ4v) is 3.63. The average molecular weight is 453 g/mol. The van der Waals surface area contributed by atoms with Gasteiger partial charge in [-0.3, -0.25) is 4.79 Å². The first-order valence-electron chi connectivity index (χ1n) is 7.50. The van der Waals surface area contributed by atoms with Crippen molar-refractivity contribution in [2.24, 2.45) is 0 Å². The molecule has 3 rings (SSSR count). The number of aromatic nitrogens is 1. The van der Waals surface area contributed by atoms with Gasteiger partial charge in [-0.15, -0.1) is 0 Å². The lowest BCUT2D eigenvalue weighted by molar-refractivity contribution is 0.102. The summed E-state index contributed by atoms with van der Waals surface area (Å²) in [6, 6.07) is 11.1. The maximum atomic E-state index is 13.6. The van der Waals surface area contributed by atoms with Crippen LogP contribution in [0.2, 0.25) is 0 Å². The van der Waals surface area contributed by atoms with E-state index >= 15 is 0 Å². The molecule has 0 aliphatic rings.